The number of hydrogen-bond donors (Lipinski definition) is 2. The van der Waals surface area contributed by atoms with E-state index in [1.54, 1.807) is 19.1 Å². The zero-order valence-corrected chi connectivity index (χ0v) is 21.9. The van der Waals surface area contributed by atoms with Gasteiger partial charge in [0.2, 0.25) is 5.88 Å². The van der Waals surface area contributed by atoms with E-state index in [1.807, 2.05) is 0 Å². The number of benzene rings is 1. The van der Waals surface area contributed by atoms with Crippen LogP contribution in [-0.2, 0) is 15.3 Å². The fourth-order valence-corrected chi connectivity index (χ4v) is 8.41. The van der Waals surface area contributed by atoms with Crippen molar-refractivity contribution in [3.63, 3.8) is 0 Å². The van der Waals surface area contributed by atoms with Crippen LogP contribution in [0.5, 0.6) is 5.88 Å². The monoisotopic (exact) mass is 542 g/mol. The molecule has 38 heavy (non-hydrogen) atoms. The smallest absolute Gasteiger partial charge is 0.410 e. The van der Waals surface area contributed by atoms with Crippen LogP contribution in [-0.4, -0.2) is 61.0 Å². The van der Waals surface area contributed by atoms with Crippen molar-refractivity contribution in [2.75, 3.05) is 19.9 Å². The highest BCUT2D eigenvalue weighted by molar-refractivity contribution is 7.95. The van der Waals surface area contributed by atoms with Crippen LogP contribution < -0.4 is 10.1 Å². The van der Waals surface area contributed by atoms with E-state index in [0.717, 1.165) is 12.8 Å². The minimum atomic E-state index is -3.01. The first-order valence-corrected chi connectivity index (χ1v) is 13.7. The number of nitrogens with zero attached hydrogens (tertiary/aromatic N) is 5. The van der Waals surface area contributed by atoms with Crippen molar-refractivity contribution < 1.29 is 27.8 Å². The fraction of sp³-hybridized carbons (Fsp3) is 0.400. The van der Waals surface area contributed by atoms with Crippen LogP contribution in [0.3, 0.4) is 0 Å². The van der Waals surface area contributed by atoms with Gasteiger partial charge in [0.1, 0.15) is 33.3 Å². The number of halogens is 1. The van der Waals surface area contributed by atoms with Gasteiger partial charge in [0.15, 0.2) is 5.76 Å². The summed E-state index contributed by atoms with van der Waals surface area (Å²) >= 11 is 0. The fourth-order valence-electron chi connectivity index (χ4n) is 5.35. The summed E-state index contributed by atoms with van der Waals surface area (Å²) in [5, 5.41) is 16.0. The second kappa shape index (κ2) is 9.46. The highest BCUT2D eigenvalue weighted by Gasteiger charge is 2.55. The minimum Gasteiger partial charge on any atom is -0.480 e. The number of rotatable bonds is 4. The molecule has 0 saturated heterocycles. The highest BCUT2D eigenvalue weighted by Crippen LogP contribution is 2.47. The summed E-state index contributed by atoms with van der Waals surface area (Å²) in [6.45, 7) is 1.64. The molecule has 5 rings (SSSR count). The molecule has 200 valence electrons. The van der Waals surface area contributed by atoms with Gasteiger partial charge in [0.25, 0.3) is 0 Å². The maximum Gasteiger partial charge on any atom is 0.410 e. The van der Waals surface area contributed by atoms with Crippen LogP contribution in [0.25, 0.3) is 22.7 Å². The van der Waals surface area contributed by atoms with Crippen molar-refractivity contribution in [2.24, 2.45) is 9.36 Å². The number of methoxy groups -OCH3 is 1. The Morgan fingerprint density at radius 3 is 2.61 bits per heavy atom. The number of amides is 1. The first-order valence-electron chi connectivity index (χ1n) is 12.0. The molecule has 11 nitrogen and oxygen atoms in total. The first-order chi connectivity index (χ1) is 18.1. The Morgan fingerprint density at radius 2 is 1.97 bits per heavy atom. The lowest BCUT2D eigenvalue weighted by atomic mass is 9.91. The second-order valence-electron chi connectivity index (χ2n) is 9.55. The van der Waals surface area contributed by atoms with Crippen molar-refractivity contribution in [3.8, 4) is 28.6 Å². The number of nitrogens with one attached hydrogen (secondary N) is 1. The predicted molar refractivity (Wildman–Crippen MR) is 138 cm³/mol. The molecule has 0 radical (unpaired) electrons. The van der Waals surface area contributed by atoms with E-state index >= 15 is 4.39 Å². The van der Waals surface area contributed by atoms with Crippen LogP contribution in [0.4, 0.5) is 9.18 Å². The number of aromatic nitrogens is 3. The molecule has 13 heteroatoms. The molecule has 3 aromatic rings. The summed E-state index contributed by atoms with van der Waals surface area (Å²) in [6.07, 6.45) is 4.18. The lowest BCUT2D eigenvalue weighted by molar-refractivity contribution is 0.199. The van der Waals surface area contributed by atoms with E-state index < -0.39 is 31.9 Å². The number of carboxylic acid groups (broad SMARTS) is 1. The maximum atomic E-state index is 15.4. The third-order valence-corrected chi connectivity index (χ3v) is 10.6. The van der Waals surface area contributed by atoms with Gasteiger partial charge >= 0.3 is 6.09 Å². The molecule has 2 N–H and O–H groups in total. The van der Waals surface area contributed by atoms with Crippen LogP contribution in [0.15, 0.2) is 50.5 Å². The molecule has 0 bridgehead atoms. The van der Waals surface area contributed by atoms with Crippen LogP contribution in [0, 0.1) is 5.82 Å². The van der Waals surface area contributed by atoms with Crippen molar-refractivity contribution in [1.82, 2.24) is 20.4 Å². The number of aliphatic imine (C=N–C) groups is 1. The molecule has 1 spiro atoms. The van der Waals surface area contributed by atoms with Gasteiger partial charge in [0.05, 0.1) is 35.0 Å². The van der Waals surface area contributed by atoms with Gasteiger partial charge < -0.3 is 14.4 Å². The molecule has 1 aromatic carbocycles. The van der Waals surface area contributed by atoms with E-state index in [9.17, 15) is 14.1 Å². The summed E-state index contributed by atoms with van der Waals surface area (Å²) in [7, 11) is -0.0523. The minimum absolute atomic E-state index is 0.0508. The van der Waals surface area contributed by atoms with Crippen LogP contribution in [0.1, 0.15) is 38.2 Å². The number of hydrogen-bond acceptors (Lipinski definition) is 9. The predicted octanol–water partition coefficient (Wildman–Crippen LogP) is 4.25. The van der Waals surface area contributed by atoms with Gasteiger partial charge in [-0.1, -0.05) is 18.0 Å². The van der Waals surface area contributed by atoms with E-state index in [1.165, 1.54) is 38.7 Å². The third-order valence-electron chi connectivity index (χ3n) is 7.25. The third kappa shape index (κ3) is 4.20. The zero-order chi connectivity index (χ0) is 27.1. The average molecular weight is 543 g/mol. The molecule has 2 aliphatic rings. The maximum absolute atomic E-state index is 15.4. The van der Waals surface area contributed by atoms with E-state index in [4.69, 9.17) is 14.3 Å². The van der Waals surface area contributed by atoms with Gasteiger partial charge in [0, 0.05) is 24.2 Å². The normalized spacial score (nSPS) is 24.2. The van der Waals surface area contributed by atoms with Gasteiger partial charge in [-0.3, -0.25) is 10.3 Å². The second-order valence-corrected chi connectivity index (χ2v) is 12.3. The molecule has 3 heterocycles. The Hall–Kier alpha value is -3.87. The molecule has 1 fully saturated rings. The Morgan fingerprint density at radius 1 is 1.21 bits per heavy atom. The summed E-state index contributed by atoms with van der Waals surface area (Å²) in [5.74, 6) is 0.158. The Bertz CT molecular complexity index is 1540. The molecule has 1 amide bonds. The van der Waals surface area contributed by atoms with Gasteiger partial charge in [-0.05, 0) is 38.0 Å². The lowest BCUT2D eigenvalue weighted by Gasteiger charge is -2.43. The Balaban J connectivity index is 1.58. The topological polar surface area (TPSA) is 152 Å². The van der Waals surface area contributed by atoms with E-state index in [0.29, 0.717) is 41.4 Å². The SMILES string of the molecule is CN=[S@]1(=O)C[C@@](C)(c2cc(-c3cc(-c4cnc(OC)cn4)no3)ccc2F)N=C(NC(=O)O)C12CCCC2. The molecular weight excluding hydrogens is 515 g/mol. The number of carbonyl (C=O) groups is 1. The summed E-state index contributed by atoms with van der Waals surface area (Å²) < 4.78 is 43.5. The number of amidine groups is 1. The highest BCUT2D eigenvalue weighted by atomic mass is 32.2. The van der Waals surface area contributed by atoms with Gasteiger partial charge in [-0.15, -0.1) is 0 Å². The standard InChI is InChI=1S/C25H27FN6O5S/c1-24(14-38(35,27-2)25(8-4-5-9-25)22(31-24)30-23(33)34)16-10-15(6-7-17(16)26)20-11-18(32-37-20)19-12-29-21(36-3)13-28-19/h6-7,10-13H,4-5,8-9,14H2,1-3H3,(H,30,31)(H,33,34)/t24-,38-/m0/s1. The van der Waals surface area contributed by atoms with Crippen molar-refractivity contribution in [1.29, 1.82) is 0 Å². The Labute approximate surface area is 218 Å². The summed E-state index contributed by atoms with van der Waals surface area (Å²) in [4.78, 5) is 24.8. The molecule has 1 aliphatic heterocycles. The average Bonchev–Trinajstić information content (AvgIpc) is 3.59. The molecule has 2 aromatic heterocycles. The quantitative estimate of drug-likeness (QED) is 0.496. The van der Waals surface area contributed by atoms with Crippen molar-refractivity contribution in [3.05, 3.63) is 48.0 Å². The largest absolute Gasteiger partial charge is 0.480 e. The Kier molecular flexibility index (Phi) is 6.41. The molecular formula is C25H27FN6O5S. The number of ether oxygens (including phenoxy) is 1. The molecule has 2 atom stereocenters. The zero-order valence-electron chi connectivity index (χ0n) is 21.1. The van der Waals surface area contributed by atoms with E-state index in [-0.39, 0.29) is 17.2 Å². The molecule has 0 unspecified atom stereocenters. The van der Waals surface area contributed by atoms with Gasteiger partial charge in [-0.25, -0.2) is 27.7 Å². The van der Waals surface area contributed by atoms with Crippen molar-refractivity contribution in [2.45, 2.75) is 42.9 Å². The molecule has 1 aliphatic carbocycles. The molecule has 1 saturated carbocycles. The van der Waals surface area contributed by atoms with Crippen molar-refractivity contribution >= 4 is 21.7 Å². The van der Waals surface area contributed by atoms with Crippen LogP contribution >= 0.6 is 0 Å². The first kappa shape index (κ1) is 25.8. The van der Waals surface area contributed by atoms with Gasteiger partial charge in [-0.2, -0.15) is 0 Å². The van der Waals surface area contributed by atoms with Crippen LogP contribution in [0.2, 0.25) is 0 Å². The summed E-state index contributed by atoms with van der Waals surface area (Å²) in [6, 6.07) is 6.02. The summed E-state index contributed by atoms with van der Waals surface area (Å²) in [5.41, 5.74) is 0.180. The van der Waals surface area contributed by atoms with E-state index in [2.05, 4.69) is 24.8 Å². The lowest BCUT2D eigenvalue weighted by Crippen LogP contribution is -2.59.